The van der Waals surface area contributed by atoms with Gasteiger partial charge in [0.05, 0.1) is 26.9 Å². The molecule has 7 heteroatoms. The smallest absolute Gasteiger partial charge is 0.493 e. The maximum absolute atomic E-state index is 11.7. The third kappa shape index (κ3) is 5.24. The molecule has 0 bridgehead atoms. The number of carbonyl (C=O) groups excluding carboxylic acids is 1. The van der Waals surface area contributed by atoms with Crippen LogP contribution in [0.4, 0.5) is 4.79 Å². The zero-order valence-electron chi connectivity index (χ0n) is 15.4. The predicted molar refractivity (Wildman–Crippen MR) is 91.8 cm³/mol. The third-order valence-electron chi connectivity index (χ3n) is 3.97. The zero-order chi connectivity index (χ0) is 18.6. The first kappa shape index (κ1) is 19.3. The van der Waals surface area contributed by atoms with Gasteiger partial charge in [-0.2, -0.15) is 0 Å². The van der Waals surface area contributed by atoms with E-state index in [0.29, 0.717) is 24.5 Å². The molecule has 0 amide bonds. The fourth-order valence-electron chi connectivity index (χ4n) is 2.83. The van der Waals surface area contributed by atoms with Crippen molar-refractivity contribution in [3.05, 3.63) is 23.8 Å². The average molecular weight is 353 g/mol. The van der Waals surface area contributed by atoms with Gasteiger partial charge in [-0.05, 0) is 44.9 Å². The Morgan fingerprint density at radius 2 is 1.88 bits per heavy atom. The molecule has 1 heterocycles. The van der Waals surface area contributed by atoms with E-state index in [9.17, 15) is 9.90 Å². The maximum Gasteiger partial charge on any atom is 0.528 e. The molecule has 7 nitrogen and oxygen atoms in total. The van der Waals surface area contributed by atoms with E-state index < -0.39 is 17.9 Å². The molecule has 0 aromatic heterocycles. The first-order chi connectivity index (χ1) is 11.7. The van der Waals surface area contributed by atoms with Crippen molar-refractivity contribution in [2.75, 3.05) is 27.3 Å². The van der Waals surface area contributed by atoms with Crippen molar-refractivity contribution in [3.8, 4) is 11.5 Å². The molecule has 1 aliphatic rings. The Hall–Kier alpha value is -1.99. The van der Waals surface area contributed by atoms with Crippen LogP contribution in [0.25, 0.3) is 0 Å². The van der Waals surface area contributed by atoms with Crippen molar-refractivity contribution in [2.45, 2.75) is 44.8 Å². The Balaban J connectivity index is 1.99. The Kier molecular flexibility index (Phi) is 6.13. The van der Waals surface area contributed by atoms with Crippen LogP contribution in [0.5, 0.6) is 11.5 Å². The molecular weight excluding hydrogens is 326 g/mol. The molecule has 0 spiro atoms. The summed E-state index contributed by atoms with van der Waals surface area (Å²) in [4.78, 5) is 16.9. The minimum absolute atomic E-state index is 0.0710. The Labute approximate surface area is 148 Å². The largest absolute Gasteiger partial charge is 0.528 e. The van der Waals surface area contributed by atoms with Gasteiger partial charge >= 0.3 is 6.16 Å². The minimum Gasteiger partial charge on any atom is -0.493 e. The lowest BCUT2D eigenvalue weighted by molar-refractivity contribution is -0.170. The van der Waals surface area contributed by atoms with Crippen molar-refractivity contribution in [3.63, 3.8) is 0 Å². The van der Waals surface area contributed by atoms with E-state index in [1.807, 2.05) is 18.2 Å². The van der Waals surface area contributed by atoms with Crippen LogP contribution >= 0.6 is 0 Å². The van der Waals surface area contributed by atoms with E-state index in [1.165, 1.54) is 5.06 Å². The van der Waals surface area contributed by atoms with Gasteiger partial charge in [0.2, 0.25) is 0 Å². The van der Waals surface area contributed by atoms with Crippen LogP contribution < -0.4 is 9.47 Å². The molecule has 25 heavy (non-hydrogen) atoms. The highest BCUT2D eigenvalue weighted by Crippen LogP contribution is 2.35. The molecule has 2 atom stereocenters. The van der Waals surface area contributed by atoms with Gasteiger partial charge < -0.3 is 24.2 Å². The number of aliphatic hydroxyl groups is 1. The highest BCUT2D eigenvalue weighted by Gasteiger charge is 2.32. The fourth-order valence-corrected chi connectivity index (χ4v) is 2.83. The van der Waals surface area contributed by atoms with Gasteiger partial charge in [-0.15, -0.1) is 5.06 Å². The molecule has 1 aromatic rings. The molecule has 140 valence electrons. The van der Waals surface area contributed by atoms with Gasteiger partial charge in [-0.3, -0.25) is 0 Å². The van der Waals surface area contributed by atoms with Gasteiger partial charge in [0.1, 0.15) is 5.60 Å². The van der Waals surface area contributed by atoms with E-state index in [-0.39, 0.29) is 12.5 Å². The Morgan fingerprint density at radius 1 is 1.20 bits per heavy atom. The van der Waals surface area contributed by atoms with Gasteiger partial charge in [-0.1, -0.05) is 6.07 Å². The number of piperidine rings is 1. The Morgan fingerprint density at radius 3 is 2.44 bits per heavy atom. The molecule has 0 aliphatic carbocycles. The molecule has 2 unspecified atom stereocenters. The molecule has 1 fully saturated rings. The number of ether oxygens (including phenoxy) is 3. The summed E-state index contributed by atoms with van der Waals surface area (Å²) in [5.74, 6) is 1.20. The monoisotopic (exact) mass is 353 g/mol. The lowest BCUT2D eigenvalue weighted by atomic mass is 9.87. The molecule has 1 aliphatic heterocycles. The average Bonchev–Trinajstić information content (AvgIpc) is 2.52. The highest BCUT2D eigenvalue weighted by atomic mass is 16.8. The number of hydrogen-bond acceptors (Lipinski definition) is 7. The summed E-state index contributed by atoms with van der Waals surface area (Å²) >= 11 is 0. The van der Waals surface area contributed by atoms with E-state index in [0.717, 1.165) is 5.56 Å². The summed E-state index contributed by atoms with van der Waals surface area (Å²) < 4.78 is 15.7. The van der Waals surface area contributed by atoms with E-state index in [1.54, 1.807) is 35.0 Å². The van der Waals surface area contributed by atoms with Crippen LogP contribution in [0.1, 0.15) is 38.7 Å². The molecule has 1 N–H and O–H groups in total. The maximum atomic E-state index is 11.7. The van der Waals surface area contributed by atoms with Crippen molar-refractivity contribution in [2.24, 2.45) is 0 Å². The summed E-state index contributed by atoms with van der Waals surface area (Å²) in [6.07, 6.45) is -0.794. The molecule has 1 saturated heterocycles. The molecule has 1 aromatic carbocycles. The third-order valence-corrected chi connectivity index (χ3v) is 3.97. The predicted octanol–water partition coefficient (Wildman–Crippen LogP) is 2.72. The quantitative estimate of drug-likeness (QED) is 0.834. The van der Waals surface area contributed by atoms with Crippen molar-refractivity contribution in [1.29, 1.82) is 0 Å². The summed E-state index contributed by atoms with van der Waals surface area (Å²) in [5.41, 5.74) is 0.343. The number of rotatable bonds is 4. The van der Waals surface area contributed by atoms with E-state index >= 15 is 0 Å². The second-order valence-electron chi connectivity index (χ2n) is 7.02. The van der Waals surface area contributed by atoms with Crippen LogP contribution in [-0.2, 0) is 9.57 Å². The molecular formula is C18H27NO6. The van der Waals surface area contributed by atoms with Crippen LogP contribution in [0.15, 0.2) is 18.2 Å². The number of β-amino-alcohol motifs (C(OH)–C–C–N with tert-alkyl or cyclic N) is 1. The SMILES string of the molecule is COc1ccc(C2CCN(OC(=O)OC(C)(C)C)CC2O)cc1OC. The number of benzene rings is 1. The van der Waals surface area contributed by atoms with Crippen LogP contribution in [-0.4, -0.2) is 55.3 Å². The first-order valence-corrected chi connectivity index (χ1v) is 8.29. The number of carbonyl (C=O) groups is 1. The second kappa shape index (κ2) is 7.93. The highest BCUT2D eigenvalue weighted by molar-refractivity contribution is 5.60. The van der Waals surface area contributed by atoms with Gasteiger partial charge in [0, 0.05) is 12.5 Å². The number of aliphatic hydroxyl groups excluding tert-OH is 1. The number of methoxy groups -OCH3 is 2. The Bertz CT molecular complexity index is 598. The number of nitrogens with zero attached hydrogens (tertiary/aromatic N) is 1. The van der Waals surface area contributed by atoms with Crippen molar-refractivity contribution >= 4 is 6.16 Å². The second-order valence-corrected chi connectivity index (χ2v) is 7.02. The van der Waals surface area contributed by atoms with Crippen LogP contribution in [0.2, 0.25) is 0 Å². The molecule has 2 rings (SSSR count). The van der Waals surface area contributed by atoms with Gasteiger partial charge in [0.15, 0.2) is 11.5 Å². The number of hydrogen-bond donors (Lipinski definition) is 1. The normalized spacial score (nSPS) is 21.5. The summed E-state index contributed by atoms with van der Waals surface area (Å²) in [6.45, 7) is 6.04. The molecule has 0 radical (unpaired) electrons. The lowest BCUT2D eigenvalue weighted by Gasteiger charge is -2.35. The fraction of sp³-hybridized carbons (Fsp3) is 0.611. The van der Waals surface area contributed by atoms with Crippen LogP contribution in [0.3, 0.4) is 0 Å². The lowest BCUT2D eigenvalue weighted by Crippen LogP contribution is -2.44. The topological polar surface area (TPSA) is 77.5 Å². The standard InChI is InChI=1S/C18H27NO6/c1-18(2,3)24-17(21)25-19-9-8-13(14(20)11-19)12-6-7-15(22-4)16(10-12)23-5/h6-7,10,13-14,20H,8-9,11H2,1-5H3. The summed E-state index contributed by atoms with van der Waals surface area (Å²) in [7, 11) is 3.16. The van der Waals surface area contributed by atoms with Gasteiger partial charge in [-0.25, -0.2) is 4.79 Å². The van der Waals surface area contributed by atoms with E-state index in [4.69, 9.17) is 19.0 Å². The van der Waals surface area contributed by atoms with Crippen molar-refractivity contribution < 1.29 is 28.9 Å². The minimum atomic E-state index is -0.760. The van der Waals surface area contributed by atoms with Crippen molar-refractivity contribution in [1.82, 2.24) is 5.06 Å². The zero-order valence-corrected chi connectivity index (χ0v) is 15.4. The van der Waals surface area contributed by atoms with Gasteiger partial charge in [0.25, 0.3) is 0 Å². The van der Waals surface area contributed by atoms with Crippen LogP contribution in [0, 0.1) is 0 Å². The van der Waals surface area contributed by atoms with E-state index in [2.05, 4.69) is 0 Å². The summed E-state index contributed by atoms with van der Waals surface area (Å²) in [5, 5.41) is 11.9. The molecule has 0 saturated carbocycles. The first-order valence-electron chi connectivity index (χ1n) is 8.29. The number of hydroxylamine groups is 2. The summed E-state index contributed by atoms with van der Waals surface area (Å²) in [6, 6.07) is 5.61.